The standard InChI is InChI=1S/C24H22N2O6/c27-21-15-5-7-17-20-18(24(30)26(23(17)29)12-14-4-2-10-32-14)8-6-16(19(15)20)22(28)25(21)11-13-3-1-9-31-13/h5-8,13-14H,1-4,9-12H2/t13-,14+. The summed E-state index contributed by atoms with van der Waals surface area (Å²) in [6.07, 6.45) is 3.11. The van der Waals surface area contributed by atoms with Crippen molar-refractivity contribution in [3.63, 3.8) is 0 Å². The number of benzene rings is 2. The molecule has 4 amide bonds. The zero-order valence-electron chi connectivity index (χ0n) is 17.5. The van der Waals surface area contributed by atoms with Gasteiger partial charge in [0.1, 0.15) is 0 Å². The van der Waals surface area contributed by atoms with Crippen molar-refractivity contribution < 1.29 is 28.7 Å². The minimum absolute atomic E-state index is 0.160. The van der Waals surface area contributed by atoms with Crippen molar-refractivity contribution >= 4 is 34.4 Å². The van der Waals surface area contributed by atoms with Crippen LogP contribution in [0.25, 0.3) is 10.8 Å². The molecule has 4 aliphatic heterocycles. The molecule has 4 aliphatic rings. The van der Waals surface area contributed by atoms with Crippen molar-refractivity contribution in [2.75, 3.05) is 26.3 Å². The molecule has 0 saturated carbocycles. The van der Waals surface area contributed by atoms with Gasteiger partial charge in [0.15, 0.2) is 0 Å². The molecular formula is C24H22N2O6. The normalized spacial score (nSPS) is 24.9. The van der Waals surface area contributed by atoms with Gasteiger partial charge in [-0.2, -0.15) is 0 Å². The summed E-state index contributed by atoms with van der Waals surface area (Å²) in [6.45, 7) is 1.67. The van der Waals surface area contributed by atoms with E-state index in [-0.39, 0.29) is 25.3 Å². The minimum Gasteiger partial charge on any atom is -0.376 e. The Hall–Kier alpha value is -3.10. The molecular weight excluding hydrogens is 412 g/mol. The SMILES string of the molecule is O=C1c2ccc3c4c(ccc(c24)C(=O)N1C[C@H]1CCCO1)C(=O)N(C[C@@H]1CCCO1)C3=O. The molecule has 0 aliphatic carbocycles. The van der Waals surface area contributed by atoms with Crippen molar-refractivity contribution in [2.45, 2.75) is 37.9 Å². The highest BCUT2D eigenvalue weighted by Gasteiger charge is 2.41. The minimum atomic E-state index is -0.414. The molecule has 0 radical (unpaired) electrons. The Morgan fingerprint density at radius 1 is 0.625 bits per heavy atom. The average Bonchev–Trinajstić information content (AvgIpc) is 3.50. The number of nitrogens with zero attached hydrogens (tertiary/aromatic N) is 2. The number of carbonyl (C=O) groups is 4. The molecule has 0 bridgehead atoms. The van der Waals surface area contributed by atoms with Gasteiger partial charge in [0.25, 0.3) is 23.6 Å². The van der Waals surface area contributed by atoms with Crippen LogP contribution in [-0.2, 0) is 9.47 Å². The van der Waals surface area contributed by atoms with Gasteiger partial charge in [0.2, 0.25) is 0 Å². The number of rotatable bonds is 4. The maximum Gasteiger partial charge on any atom is 0.261 e. The molecule has 2 aromatic carbocycles. The van der Waals surface area contributed by atoms with Gasteiger partial charge in [-0.3, -0.25) is 29.0 Å². The van der Waals surface area contributed by atoms with E-state index in [0.29, 0.717) is 46.2 Å². The lowest BCUT2D eigenvalue weighted by atomic mass is 9.85. The molecule has 32 heavy (non-hydrogen) atoms. The Morgan fingerprint density at radius 3 is 1.25 bits per heavy atom. The first-order valence-corrected chi connectivity index (χ1v) is 11.1. The fourth-order valence-electron chi connectivity index (χ4n) is 5.29. The van der Waals surface area contributed by atoms with E-state index >= 15 is 0 Å². The van der Waals surface area contributed by atoms with Gasteiger partial charge >= 0.3 is 0 Å². The largest absolute Gasteiger partial charge is 0.376 e. The van der Waals surface area contributed by atoms with Gasteiger partial charge in [-0.05, 0) is 49.9 Å². The second-order valence-corrected chi connectivity index (χ2v) is 8.78. The van der Waals surface area contributed by atoms with Crippen LogP contribution in [0.15, 0.2) is 24.3 Å². The predicted molar refractivity (Wildman–Crippen MR) is 113 cm³/mol. The fraction of sp³-hybridized carbons (Fsp3) is 0.417. The molecule has 164 valence electrons. The first kappa shape index (κ1) is 19.6. The molecule has 2 saturated heterocycles. The van der Waals surface area contributed by atoms with E-state index in [0.717, 1.165) is 25.7 Å². The summed E-state index contributed by atoms with van der Waals surface area (Å²) < 4.78 is 11.2. The summed E-state index contributed by atoms with van der Waals surface area (Å²) >= 11 is 0. The molecule has 8 nitrogen and oxygen atoms in total. The highest BCUT2D eigenvalue weighted by molar-refractivity contribution is 6.33. The molecule has 2 aromatic rings. The van der Waals surface area contributed by atoms with Crippen LogP contribution in [0.5, 0.6) is 0 Å². The lowest BCUT2D eigenvalue weighted by molar-refractivity contribution is 0.0424. The van der Waals surface area contributed by atoms with E-state index in [4.69, 9.17) is 9.47 Å². The second kappa shape index (κ2) is 7.21. The average molecular weight is 434 g/mol. The van der Waals surface area contributed by atoms with Crippen molar-refractivity contribution in [3.05, 3.63) is 46.5 Å². The summed E-state index contributed by atoms with van der Waals surface area (Å²) in [5.41, 5.74) is 1.36. The lowest BCUT2D eigenvalue weighted by Crippen LogP contribution is -2.46. The highest BCUT2D eigenvalue weighted by atomic mass is 16.5. The summed E-state index contributed by atoms with van der Waals surface area (Å²) in [6, 6.07) is 6.39. The van der Waals surface area contributed by atoms with Gasteiger partial charge in [-0.25, -0.2) is 0 Å². The maximum atomic E-state index is 13.2. The van der Waals surface area contributed by atoms with Crippen molar-refractivity contribution in [2.24, 2.45) is 0 Å². The third kappa shape index (κ3) is 2.76. The highest BCUT2D eigenvalue weighted by Crippen LogP contribution is 2.38. The van der Waals surface area contributed by atoms with Crippen LogP contribution in [0.3, 0.4) is 0 Å². The van der Waals surface area contributed by atoms with E-state index < -0.39 is 23.6 Å². The van der Waals surface area contributed by atoms with E-state index in [9.17, 15) is 19.2 Å². The topological polar surface area (TPSA) is 93.2 Å². The molecule has 0 aromatic heterocycles. The first-order chi connectivity index (χ1) is 15.5. The van der Waals surface area contributed by atoms with E-state index in [1.54, 1.807) is 24.3 Å². The van der Waals surface area contributed by atoms with Crippen molar-refractivity contribution in [1.29, 1.82) is 0 Å². The van der Waals surface area contributed by atoms with Gasteiger partial charge < -0.3 is 9.47 Å². The number of hydrogen-bond donors (Lipinski definition) is 0. The van der Waals surface area contributed by atoms with Crippen LogP contribution in [0.4, 0.5) is 0 Å². The van der Waals surface area contributed by atoms with Gasteiger partial charge in [-0.15, -0.1) is 0 Å². The molecule has 0 unspecified atom stereocenters. The van der Waals surface area contributed by atoms with Crippen LogP contribution < -0.4 is 0 Å². The van der Waals surface area contributed by atoms with E-state index in [2.05, 4.69) is 0 Å². The number of hydrogen-bond acceptors (Lipinski definition) is 6. The van der Waals surface area contributed by atoms with Crippen LogP contribution in [0, 0.1) is 0 Å². The monoisotopic (exact) mass is 434 g/mol. The summed E-state index contributed by atoms with van der Waals surface area (Å²) in [5.74, 6) is -1.65. The molecule has 0 N–H and O–H groups in total. The first-order valence-electron chi connectivity index (χ1n) is 11.1. The van der Waals surface area contributed by atoms with Gasteiger partial charge in [0.05, 0.1) is 25.3 Å². The van der Waals surface area contributed by atoms with Crippen molar-refractivity contribution in [3.8, 4) is 0 Å². The molecule has 2 atom stereocenters. The van der Waals surface area contributed by atoms with E-state index in [1.165, 1.54) is 9.80 Å². The van der Waals surface area contributed by atoms with Crippen LogP contribution in [-0.4, -0.2) is 71.9 Å². The van der Waals surface area contributed by atoms with Gasteiger partial charge in [0, 0.05) is 46.2 Å². The van der Waals surface area contributed by atoms with Gasteiger partial charge in [-0.1, -0.05) is 0 Å². The third-order valence-corrected chi connectivity index (χ3v) is 6.88. The van der Waals surface area contributed by atoms with Crippen LogP contribution in [0.2, 0.25) is 0 Å². The lowest BCUT2D eigenvalue weighted by Gasteiger charge is -2.33. The molecule has 6 rings (SSSR count). The molecule has 8 heteroatoms. The quantitative estimate of drug-likeness (QED) is 0.686. The smallest absolute Gasteiger partial charge is 0.261 e. The number of ether oxygens (including phenoxy) is 2. The number of carbonyl (C=O) groups excluding carboxylic acids is 4. The number of imide groups is 2. The summed E-state index contributed by atoms with van der Waals surface area (Å²) in [4.78, 5) is 55.4. The zero-order valence-corrected chi connectivity index (χ0v) is 17.5. The van der Waals surface area contributed by atoms with Crippen LogP contribution >= 0.6 is 0 Å². The Bertz CT molecular complexity index is 1030. The van der Waals surface area contributed by atoms with Crippen LogP contribution in [0.1, 0.15) is 67.1 Å². The Balaban J connectivity index is 1.43. The van der Waals surface area contributed by atoms with Crippen molar-refractivity contribution in [1.82, 2.24) is 9.80 Å². The summed E-state index contributed by atoms with van der Waals surface area (Å²) in [7, 11) is 0. The Morgan fingerprint density at radius 2 is 0.969 bits per heavy atom. The zero-order chi connectivity index (χ0) is 22.0. The predicted octanol–water partition coefficient (Wildman–Crippen LogP) is 2.39. The van der Waals surface area contributed by atoms with E-state index in [1.807, 2.05) is 0 Å². The molecule has 4 heterocycles. The third-order valence-electron chi connectivity index (χ3n) is 6.88. The maximum absolute atomic E-state index is 13.2. The Labute approximate surface area is 184 Å². The molecule has 2 fully saturated rings. The fourth-order valence-corrected chi connectivity index (χ4v) is 5.29. The Kier molecular flexibility index (Phi) is 4.41. The molecule has 0 spiro atoms. The second-order valence-electron chi connectivity index (χ2n) is 8.78. The number of amides is 4. The summed E-state index contributed by atoms with van der Waals surface area (Å²) in [5, 5.41) is 0.800.